The molecular weight excluding hydrogens is 464 g/mol. The van der Waals surface area contributed by atoms with Gasteiger partial charge in [0.1, 0.15) is 23.0 Å². The fourth-order valence-electron chi connectivity index (χ4n) is 3.82. The number of rotatable bonds is 10. The van der Waals surface area contributed by atoms with Crippen molar-refractivity contribution in [1.29, 1.82) is 0 Å². The lowest BCUT2D eigenvalue weighted by Gasteiger charge is -2.31. The highest BCUT2D eigenvalue weighted by Gasteiger charge is 2.18. The van der Waals surface area contributed by atoms with Gasteiger partial charge in [0.2, 0.25) is 11.8 Å². The zero-order valence-electron chi connectivity index (χ0n) is 21.4. The van der Waals surface area contributed by atoms with Gasteiger partial charge in [-0.25, -0.2) is 0 Å². The highest BCUT2D eigenvalue weighted by molar-refractivity contribution is 6.03. The SMILES string of the molecule is COc1cc(OC)c(C=CC(=O)Nc2ccc(OC)c(NC(=O)CN3CCN(C)CC3)c2)c(OC)c1. The van der Waals surface area contributed by atoms with Gasteiger partial charge in [-0.3, -0.25) is 14.5 Å². The molecule has 10 nitrogen and oxygen atoms in total. The summed E-state index contributed by atoms with van der Waals surface area (Å²) in [5.74, 6) is 1.58. The molecule has 1 aliphatic heterocycles. The molecule has 1 saturated heterocycles. The number of amides is 2. The second kappa shape index (κ2) is 12.8. The summed E-state index contributed by atoms with van der Waals surface area (Å²) in [4.78, 5) is 29.6. The minimum absolute atomic E-state index is 0.139. The van der Waals surface area contributed by atoms with Crippen molar-refractivity contribution >= 4 is 29.3 Å². The maximum absolute atomic E-state index is 12.7. The van der Waals surface area contributed by atoms with Crippen LogP contribution in [0.25, 0.3) is 6.08 Å². The van der Waals surface area contributed by atoms with Crippen LogP contribution in [0.15, 0.2) is 36.4 Å². The smallest absolute Gasteiger partial charge is 0.248 e. The van der Waals surface area contributed by atoms with E-state index in [0.717, 1.165) is 26.2 Å². The van der Waals surface area contributed by atoms with Gasteiger partial charge in [0, 0.05) is 50.1 Å². The fourth-order valence-corrected chi connectivity index (χ4v) is 3.82. The first-order valence-corrected chi connectivity index (χ1v) is 11.5. The molecule has 2 aromatic carbocycles. The van der Waals surface area contributed by atoms with Crippen LogP contribution in [0.5, 0.6) is 23.0 Å². The van der Waals surface area contributed by atoms with Crippen LogP contribution in [-0.2, 0) is 9.59 Å². The third kappa shape index (κ3) is 7.12. The number of likely N-dealkylation sites (N-methyl/N-ethyl adjacent to an activating group) is 1. The van der Waals surface area contributed by atoms with Gasteiger partial charge in [0.25, 0.3) is 0 Å². The van der Waals surface area contributed by atoms with E-state index in [1.54, 1.807) is 43.5 Å². The van der Waals surface area contributed by atoms with Gasteiger partial charge in [0.15, 0.2) is 0 Å². The van der Waals surface area contributed by atoms with E-state index in [0.29, 0.717) is 46.5 Å². The molecule has 0 aromatic heterocycles. The average Bonchev–Trinajstić information content (AvgIpc) is 2.88. The first-order valence-electron chi connectivity index (χ1n) is 11.5. The number of carbonyl (C=O) groups excluding carboxylic acids is 2. The van der Waals surface area contributed by atoms with Crippen LogP contribution in [0.1, 0.15) is 5.56 Å². The molecule has 1 aliphatic rings. The molecule has 0 spiro atoms. The number of benzene rings is 2. The summed E-state index contributed by atoms with van der Waals surface area (Å²) < 4.78 is 21.5. The summed E-state index contributed by atoms with van der Waals surface area (Å²) >= 11 is 0. The van der Waals surface area contributed by atoms with Gasteiger partial charge >= 0.3 is 0 Å². The number of piperazine rings is 1. The summed E-state index contributed by atoms with van der Waals surface area (Å²) in [6, 6.07) is 8.48. The third-order valence-electron chi connectivity index (χ3n) is 5.86. The molecule has 36 heavy (non-hydrogen) atoms. The Morgan fingerprint density at radius 2 is 1.50 bits per heavy atom. The zero-order chi connectivity index (χ0) is 26.1. The number of hydrogen-bond acceptors (Lipinski definition) is 8. The third-order valence-corrected chi connectivity index (χ3v) is 5.86. The van der Waals surface area contributed by atoms with Crippen LogP contribution in [-0.4, -0.2) is 89.8 Å². The van der Waals surface area contributed by atoms with Gasteiger partial charge in [-0.15, -0.1) is 0 Å². The van der Waals surface area contributed by atoms with E-state index in [9.17, 15) is 9.59 Å². The van der Waals surface area contributed by atoms with Crippen molar-refractivity contribution in [2.75, 3.05) is 78.8 Å². The summed E-state index contributed by atoms with van der Waals surface area (Å²) in [7, 11) is 8.21. The van der Waals surface area contributed by atoms with E-state index in [1.165, 1.54) is 27.4 Å². The molecule has 2 amide bonds. The van der Waals surface area contributed by atoms with Crippen LogP contribution >= 0.6 is 0 Å². The molecule has 3 rings (SSSR count). The lowest BCUT2D eigenvalue weighted by Crippen LogP contribution is -2.47. The van der Waals surface area contributed by atoms with Crippen LogP contribution in [0, 0.1) is 0 Å². The highest BCUT2D eigenvalue weighted by Crippen LogP contribution is 2.35. The van der Waals surface area contributed by atoms with E-state index >= 15 is 0 Å². The minimum atomic E-state index is -0.366. The number of hydrogen-bond donors (Lipinski definition) is 2. The van der Waals surface area contributed by atoms with Crippen molar-refractivity contribution in [2.24, 2.45) is 0 Å². The van der Waals surface area contributed by atoms with Crippen molar-refractivity contribution in [2.45, 2.75) is 0 Å². The van der Waals surface area contributed by atoms with E-state index in [2.05, 4.69) is 27.5 Å². The Morgan fingerprint density at radius 1 is 0.861 bits per heavy atom. The molecule has 0 radical (unpaired) electrons. The van der Waals surface area contributed by atoms with E-state index in [-0.39, 0.29) is 11.8 Å². The maximum atomic E-state index is 12.7. The van der Waals surface area contributed by atoms with Gasteiger partial charge in [-0.05, 0) is 31.3 Å². The molecule has 194 valence electrons. The quantitative estimate of drug-likeness (QED) is 0.482. The molecular formula is C26H34N4O6. The molecule has 0 saturated carbocycles. The number of methoxy groups -OCH3 is 4. The molecule has 0 atom stereocenters. The largest absolute Gasteiger partial charge is 0.496 e. The maximum Gasteiger partial charge on any atom is 0.248 e. The molecule has 0 unspecified atom stereocenters. The Kier molecular flexibility index (Phi) is 9.54. The fraction of sp³-hybridized carbons (Fsp3) is 0.385. The Morgan fingerprint density at radius 3 is 2.08 bits per heavy atom. The van der Waals surface area contributed by atoms with Gasteiger partial charge in [0.05, 0.1) is 46.2 Å². The van der Waals surface area contributed by atoms with Crippen molar-refractivity contribution in [1.82, 2.24) is 9.80 Å². The molecule has 0 bridgehead atoms. The van der Waals surface area contributed by atoms with Gasteiger partial charge in [-0.2, -0.15) is 0 Å². The monoisotopic (exact) mass is 498 g/mol. The zero-order valence-corrected chi connectivity index (χ0v) is 21.4. The van der Waals surface area contributed by atoms with Crippen molar-refractivity contribution in [3.63, 3.8) is 0 Å². The van der Waals surface area contributed by atoms with E-state index in [4.69, 9.17) is 18.9 Å². The molecule has 10 heteroatoms. The number of ether oxygens (including phenoxy) is 4. The Bertz CT molecular complexity index is 1070. The Hall–Kier alpha value is -3.76. The highest BCUT2D eigenvalue weighted by atomic mass is 16.5. The summed E-state index contributed by atoms with van der Waals surface area (Å²) in [6.07, 6.45) is 2.98. The number of nitrogens with one attached hydrogen (secondary N) is 2. The number of carbonyl (C=O) groups is 2. The van der Waals surface area contributed by atoms with E-state index < -0.39 is 0 Å². The first kappa shape index (κ1) is 26.8. The predicted molar refractivity (Wildman–Crippen MR) is 139 cm³/mol. The minimum Gasteiger partial charge on any atom is -0.496 e. The molecule has 0 aliphatic carbocycles. The molecule has 1 fully saturated rings. The van der Waals surface area contributed by atoms with Crippen molar-refractivity contribution in [3.05, 3.63) is 42.0 Å². The lowest BCUT2D eigenvalue weighted by molar-refractivity contribution is -0.117. The predicted octanol–water partition coefficient (Wildman–Crippen LogP) is 2.56. The van der Waals surface area contributed by atoms with E-state index in [1.807, 2.05) is 0 Å². The molecule has 1 heterocycles. The average molecular weight is 499 g/mol. The summed E-state index contributed by atoms with van der Waals surface area (Å²) in [6.45, 7) is 3.84. The van der Waals surface area contributed by atoms with Crippen molar-refractivity contribution in [3.8, 4) is 23.0 Å². The second-order valence-electron chi connectivity index (χ2n) is 8.31. The first-order chi connectivity index (χ1) is 17.4. The molecule has 2 aromatic rings. The van der Waals surface area contributed by atoms with Gasteiger partial charge in [-0.1, -0.05) is 0 Å². The van der Waals surface area contributed by atoms with Crippen LogP contribution < -0.4 is 29.6 Å². The number of nitrogens with zero attached hydrogens (tertiary/aromatic N) is 2. The Balaban J connectivity index is 1.69. The second-order valence-corrected chi connectivity index (χ2v) is 8.31. The Labute approximate surface area is 211 Å². The lowest BCUT2D eigenvalue weighted by atomic mass is 10.1. The summed E-state index contributed by atoms with van der Waals surface area (Å²) in [5, 5.41) is 5.70. The molecule has 2 N–H and O–H groups in total. The normalized spacial score (nSPS) is 14.4. The summed E-state index contributed by atoms with van der Waals surface area (Å²) in [5.41, 5.74) is 1.59. The van der Waals surface area contributed by atoms with Crippen molar-refractivity contribution < 1.29 is 28.5 Å². The standard InChI is InChI=1S/C26H34N4O6/c1-29-10-12-30(13-11-29)17-26(32)28-21-14-18(6-8-22(21)34-3)27-25(31)9-7-20-23(35-4)15-19(33-2)16-24(20)36-5/h6-9,14-16H,10-13,17H2,1-5H3,(H,27,31)(H,28,32). The number of anilines is 2. The van der Waals surface area contributed by atoms with Crippen LogP contribution in [0.3, 0.4) is 0 Å². The topological polar surface area (TPSA) is 102 Å². The van der Waals surface area contributed by atoms with Crippen LogP contribution in [0.2, 0.25) is 0 Å². The van der Waals surface area contributed by atoms with Gasteiger partial charge < -0.3 is 34.5 Å². The van der Waals surface area contributed by atoms with Crippen LogP contribution in [0.4, 0.5) is 11.4 Å².